The molecule has 0 aliphatic heterocycles. The van der Waals surface area contributed by atoms with Crippen molar-refractivity contribution >= 4 is 21.6 Å². The number of benzene rings is 2. The number of sulfonamides is 1. The van der Waals surface area contributed by atoms with Gasteiger partial charge in [0.05, 0.1) is 17.7 Å². The van der Waals surface area contributed by atoms with Gasteiger partial charge in [-0.05, 0) is 30.3 Å². The summed E-state index contributed by atoms with van der Waals surface area (Å²) in [6, 6.07) is 12.5. The third kappa shape index (κ3) is 3.59. The van der Waals surface area contributed by atoms with Crippen LogP contribution in [0.15, 0.2) is 53.4 Å². The van der Waals surface area contributed by atoms with Crippen LogP contribution in [0.25, 0.3) is 0 Å². The molecule has 21 heavy (non-hydrogen) atoms. The van der Waals surface area contributed by atoms with Crippen LogP contribution in [0.2, 0.25) is 0 Å². The van der Waals surface area contributed by atoms with Crippen molar-refractivity contribution in [3.05, 3.63) is 54.1 Å². The van der Waals surface area contributed by atoms with Gasteiger partial charge in [0.15, 0.2) is 0 Å². The van der Waals surface area contributed by atoms with Crippen LogP contribution in [0.3, 0.4) is 0 Å². The topological polar surface area (TPSA) is 98.5 Å². The van der Waals surface area contributed by atoms with Gasteiger partial charge in [-0.15, -0.1) is 0 Å². The maximum Gasteiger partial charge on any atom is 0.255 e. The van der Waals surface area contributed by atoms with Crippen LogP contribution in [0.4, 0.5) is 5.69 Å². The highest BCUT2D eigenvalue weighted by molar-refractivity contribution is 7.89. The summed E-state index contributed by atoms with van der Waals surface area (Å²) in [6.45, 7) is 0. The van der Waals surface area contributed by atoms with Crippen molar-refractivity contribution in [1.29, 1.82) is 0 Å². The summed E-state index contributed by atoms with van der Waals surface area (Å²) in [7, 11) is -2.44. The molecule has 0 spiro atoms. The van der Waals surface area contributed by atoms with Crippen LogP contribution in [0.5, 0.6) is 5.75 Å². The van der Waals surface area contributed by atoms with Crippen LogP contribution in [0.1, 0.15) is 10.4 Å². The van der Waals surface area contributed by atoms with E-state index >= 15 is 0 Å². The van der Waals surface area contributed by atoms with Gasteiger partial charge < -0.3 is 10.1 Å². The van der Waals surface area contributed by atoms with E-state index in [-0.39, 0.29) is 16.5 Å². The van der Waals surface area contributed by atoms with E-state index in [1.54, 1.807) is 30.3 Å². The Bertz CT molecular complexity index is 758. The largest absolute Gasteiger partial charge is 0.495 e. The fraction of sp³-hybridized carbons (Fsp3) is 0.0714. The zero-order valence-corrected chi connectivity index (χ0v) is 12.1. The summed E-state index contributed by atoms with van der Waals surface area (Å²) in [6.07, 6.45) is 0. The predicted octanol–water partition coefficient (Wildman–Crippen LogP) is 1.59. The molecule has 6 nitrogen and oxygen atoms in total. The van der Waals surface area contributed by atoms with E-state index in [1.807, 2.05) is 0 Å². The number of nitrogens with one attached hydrogen (secondary N) is 1. The Hall–Kier alpha value is -2.38. The molecule has 0 bridgehead atoms. The van der Waals surface area contributed by atoms with Crippen molar-refractivity contribution < 1.29 is 17.9 Å². The van der Waals surface area contributed by atoms with Gasteiger partial charge in [-0.1, -0.05) is 18.2 Å². The van der Waals surface area contributed by atoms with Crippen molar-refractivity contribution in [3.8, 4) is 5.75 Å². The molecule has 0 saturated carbocycles. The average Bonchev–Trinajstić information content (AvgIpc) is 2.47. The Morgan fingerprint density at radius 1 is 1.14 bits per heavy atom. The molecule has 0 radical (unpaired) electrons. The number of amides is 1. The number of rotatable bonds is 4. The Balaban J connectivity index is 2.36. The first-order chi connectivity index (χ1) is 9.91. The minimum atomic E-state index is -3.86. The van der Waals surface area contributed by atoms with Crippen molar-refractivity contribution in [2.45, 2.75) is 4.90 Å². The minimum absolute atomic E-state index is 0.105. The number of nitrogens with two attached hydrogens (primary N) is 1. The number of hydrogen-bond acceptors (Lipinski definition) is 4. The molecule has 0 atom stereocenters. The molecule has 3 N–H and O–H groups in total. The van der Waals surface area contributed by atoms with Crippen LogP contribution in [0, 0.1) is 0 Å². The van der Waals surface area contributed by atoms with Gasteiger partial charge in [-0.25, -0.2) is 13.6 Å². The number of carbonyl (C=O) groups is 1. The second-order valence-electron chi connectivity index (χ2n) is 4.23. The molecule has 2 rings (SSSR count). The van der Waals surface area contributed by atoms with Gasteiger partial charge >= 0.3 is 0 Å². The lowest BCUT2D eigenvalue weighted by Crippen LogP contribution is -2.15. The molecule has 0 aromatic heterocycles. The van der Waals surface area contributed by atoms with E-state index in [1.165, 1.54) is 25.3 Å². The average molecular weight is 306 g/mol. The molecule has 2 aromatic rings. The molecule has 7 heteroatoms. The van der Waals surface area contributed by atoms with Crippen LogP contribution in [-0.4, -0.2) is 21.4 Å². The van der Waals surface area contributed by atoms with E-state index in [2.05, 4.69) is 5.32 Å². The van der Waals surface area contributed by atoms with Gasteiger partial charge in [-0.3, -0.25) is 4.79 Å². The molecule has 0 aliphatic carbocycles. The van der Waals surface area contributed by atoms with E-state index in [9.17, 15) is 13.2 Å². The van der Waals surface area contributed by atoms with E-state index in [0.717, 1.165) is 0 Å². The summed E-state index contributed by atoms with van der Waals surface area (Å²) >= 11 is 0. The molecular formula is C14H14N2O4S. The number of primary sulfonamides is 1. The second kappa shape index (κ2) is 5.94. The highest BCUT2D eigenvalue weighted by Gasteiger charge is 2.14. The third-order valence-electron chi connectivity index (χ3n) is 2.78. The molecule has 0 heterocycles. The summed E-state index contributed by atoms with van der Waals surface area (Å²) in [5.74, 6) is -0.0350. The van der Waals surface area contributed by atoms with E-state index in [4.69, 9.17) is 9.88 Å². The number of hydrogen-bond donors (Lipinski definition) is 2. The Morgan fingerprint density at radius 2 is 1.81 bits per heavy atom. The third-order valence-corrected chi connectivity index (χ3v) is 3.69. The Labute approximate surface area is 122 Å². The zero-order valence-electron chi connectivity index (χ0n) is 11.2. The van der Waals surface area contributed by atoms with Gasteiger partial charge in [0, 0.05) is 5.56 Å². The monoisotopic (exact) mass is 306 g/mol. The minimum Gasteiger partial charge on any atom is -0.495 e. The highest BCUT2D eigenvalue weighted by Crippen LogP contribution is 2.27. The summed E-state index contributed by atoms with van der Waals surface area (Å²) in [4.78, 5) is 12.0. The van der Waals surface area contributed by atoms with Gasteiger partial charge in [-0.2, -0.15) is 0 Å². The summed E-state index contributed by atoms with van der Waals surface area (Å²) in [5.41, 5.74) is 0.679. The van der Waals surface area contributed by atoms with Crippen molar-refractivity contribution in [1.82, 2.24) is 0 Å². The first kappa shape index (κ1) is 15.0. The first-order valence-electron chi connectivity index (χ1n) is 5.99. The molecule has 2 aromatic carbocycles. The summed E-state index contributed by atoms with van der Waals surface area (Å²) in [5, 5.41) is 7.68. The van der Waals surface area contributed by atoms with E-state index < -0.39 is 10.0 Å². The summed E-state index contributed by atoms with van der Waals surface area (Å²) < 4.78 is 27.8. The quantitative estimate of drug-likeness (QED) is 0.896. The lowest BCUT2D eigenvalue weighted by Gasteiger charge is -2.11. The van der Waals surface area contributed by atoms with Gasteiger partial charge in [0.1, 0.15) is 5.75 Å². The molecule has 0 fully saturated rings. The zero-order chi connectivity index (χ0) is 15.5. The first-order valence-corrected chi connectivity index (χ1v) is 7.53. The molecular weight excluding hydrogens is 292 g/mol. The van der Waals surface area contributed by atoms with Gasteiger partial charge in [0.2, 0.25) is 10.0 Å². The van der Waals surface area contributed by atoms with Crippen LogP contribution < -0.4 is 15.2 Å². The highest BCUT2D eigenvalue weighted by atomic mass is 32.2. The smallest absolute Gasteiger partial charge is 0.255 e. The van der Waals surface area contributed by atoms with Crippen molar-refractivity contribution in [2.75, 3.05) is 12.4 Å². The van der Waals surface area contributed by atoms with Gasteiger partial charge in [0.25, 0.3) is 5.91 Å². The SMILES string of the molecule is COc1ccc(S(N)(=O)=O)cc1NC(=O)c1ccccc1. The fourth-order valence-electron chi connectivity index (χ4n) is 1.75. The van der Waals surface area contributed by atoms with Crippen LogP contribution >= 0.6 is 0 Å². The molecule has 1 amide bonds. The second-order valence-corrected chi connectivity index (χ2v) is 5.79. The van der Waals surface area contributed by atoms with Crippen molar-refractivity contribution in [2.24, 2.45) is 5.14 Å². The standard InChI is InChI=1S/C14H14N2O4S/c1-20-13-8-7-11(21(15,18)19)9-12(13)16-14(17)10-5-3-2-4-6-10/h2-9H,1H3,(H,16,17)(H2,15,18,19). The number of carbonyl (C=O) groups excluding carboxylic acids is 1. The van der Waals surface area contributed by atoms with E-state index in [0.29, 0.717) is 11.3 Å². The number of methoxy groups -OCH3 is 1. The molecule has 0 saturated heterocycles. The molecule has 110 valence electrons. The number of anilines is 1. The maximum atomic E-state index is 12.1. The predicted molar refractivity (Wildman–Crippen MR) is 78.8 cm³/mol. The fourth-order valence-corrected chi connectivity index (χ4v) is 2.29. The van der Waals surface area contributed by atoms with Crippen molar-refractivity contribution in [3.63, 3.8) is 0 Å². The normalized spacial score (nSPS) is 11.0. The molecule has 0 aliphatic rings. The molecule has 0 unspecified atom stereocenters. The lowest BCUT2D eigenvalue weighted by atomic mass is 10.2. The lowest BCUT2D eigenvalue weighted by molar-refractivity contribution is 0.102. The van der Waals surface area contributed by atoms with Crippen LogP contribution in [-0.2, 0) is 10.0 Å². The Morgan fingerprint density at radius 3 is 2.38 bits per heavy atom. The maximum absolute atomic E-state index is 12.1. The number of ether oxygens (including phenoxy) is 1. The Kier molecular flexibility index (Phi) is 4.25.